The zero-order chi connectivity index (χ0) is 17.4. The van der Waals surface area contributed by atoms with Gasteiger partial charge < -0.3 is 20.9 Å². The van der Waals surface area contributed by atoms with Crippen molar-refractivity contribution >= 4 is 11.8 Å². The van der Waals surface area contributed by atoms with Crippen molar-refractivity contribution in [1.82, 2.24) is 15.8 Å². The Labute approximate surface area is 147 Å². The van der Waals surface area contributed by atoms with E-state index in [2.05, 4.69) is 15.8 Å². The molecule has 4 N–H and O–H groups in total. The Morgan fingerprint density at radius 2 is 1.68 bits per heavy atom. The number of carbonyl (C=O) groups is 2. The van der Waals surface area contributed by atoms with Crippen LogP contribution in [-0.4, -0.2) is 35.1 Å². The molecule has 0 aromatic carbocycles. The Morgan fingerprint density at radius 3 is 2.28 bits per heavy atom. The molecule has 136 valence electrons. The predicted molar refractivity (Wildman–Crippen MR) is 90.8 cm³/mol. The lowest BCUT2D eigenvalue weighted by Gasteiger charge is -2.34. The highest BCUT2D eigenvalue weighted by molar-refractivity contribution is 5.92. The van der Waals surface area contributed by atoms with Crippen LogP contribution in [0.4, 0.5) is 0 Å². The molecule has 0 aliphatic heterocycles. The molecule has 1 heterocycles. The highest BCUT2D eigenvalue weighted by Gasteiger charge is 2.34. The van der Waals surface area contributed by atoms with Crippen molar-refractivity contribution in [3.63, 3.8) is 0 Å². The number of carbonyl (C=O) groups excluding carboxylic acids is 2. The Kier molecular flexibility index (Phi) is 4.50. The van der Waals surface area contributed by atoms with Crippen LogP contribution < -0.4 is 16.4 Å². The molecule has 0 unspecified atom stereocenters. The number of amides is 2. The Balaban J connectivity index is 1.20. The molecule has 0 bridgehead atoms. The molecule has 0 saturated heterocycles. The molecule has 3 saturated carbocycles. The molecule has 2 amide bonds. The molecule has 7 heteroatoms. The minimum absolute atomic E-state index is 0.0975. The second-order valence-corrected chi connectivity index (χ2v) is 7.85. The molecule has 0 atom stereocenters. The second kappa shape index (κ2) is 6.78. The standard InChI is InChI=1S/C18H26N4O3/c19-12-7-11(8-12)17(23)20-13-3-5-14(6-4-13)21-18(24)15-9-16(25-22-15)10-1-2-10/h9-14H,1-8,19H2,(H,20,23)(H,21,24)/t11-,12+,13-,14-. The molecule has 0 spiro atoms. The summed E-state index contributed by atoms with van der Waals surface area (Å²) < 4.78 is 5.24. The third kappa shape index (κ3) is 3.86. The molecule has 4 rings (SSSR count). The van der Waals surface area contributed by atoms with E-state index in [4.69, 9.17) is 10.3 Å². The van der Waals surface area contributed by atoms with Crippen LogP contribution in [0.1, 0.15) is 73.5 Å². The Bertz CT molecular complexity index is 641. The van der Waals surface area contributed by atoms with Gasteiger partial charge in [0, 0.05) is 36.0 Å². The van der Waals surface area contributed by atoms with Crippen LogP contribution in [0.25, 0.3) is 0 Å². The maximum absolute atomic E-state index is 12.3. The third-order valence-corrected chi connectivity index (χ3v) is 5.69. The molecule has 3 aliphatic rings. The van der Waals surface area contributed by atoms with Crippen molar-refractivity contribution in [3.8, 4) is 0 Å². The summed E-state index contributed by atoms with van der Waals surface area (Å²) in [5.41, 5.74) is 6.12. The van der Waals surface area contributed by atoms with Gasteiger partial charge in [0.05, 0.1) is 0 Å². The summed E-state index contributed by atoms with van der Waals surface area (Å²) in [5, 5.41) is 10.1. The highest BCUT2D eigenvalue weighted by Crippen LogP contribution is 2.40. The molecular weight excluding hydrogens is 320 g/mol. The molecule has 1 aromatic heterocycles. The van der Waals surface area contributed by atoms with E-state index in [1.165, 1.54) is 0 Å². The number of hydrogen-bond donors (Lipinski definition) is 3. The van der Waals surface area contributed by atoms with Gasteiger partial charge in [-0.15, -0.1) is 0 Å². The van der Waals surface area contributed by atoms with Gasteiger partial charge in [0.25, 0.3) is 5.91 Å². The normalized spacial score (nSPS) is 31.9. The molecule has 3 aliphatic carbocycles. The zero-order valence-electron chi connectivity index (χ0n) is 14.4. The molecule has 0 radical (unpaired) electrons. The van der Waals surface area contributed by atoms with E-state index in [-0.39, 0.29) is 35.9 Å². The first-order valence-corrected chi connectivity index (χ1v) is 9.42. The van der Waals surface area contributed by atoms with E-state index in [1.807, 2.05) is 0 Å². The summed E-state index contributed by atoms with van der Waals surface area (Å²) in [7, 11) is 0. The lowest BCUT2D eigenvalue weighted by Crippen LogP contribution is -2.49. The molecule has 3 fully saturated rings. The van der Waals surface area contributed by atoms with Gasteiger partial charge in [0.2, 0.25) is 5.91 Å². The van der Waals surface area contributed by atoms with Crippen molar-refractivity contribution in [2.45, 2.75) is 75.4 Å². The lowest BCUT2D eigenvalue weighted by molar-refractivity contribution is -0.128. The lowest BCUT2D eigenvalue weighted by atomic mass is 9.80. The fraction of sp³-hybridized carbons (Fsp3) is 0.722. The van der Waals surface area contributed by atoms with E-state index < -0.39 is 0 Å². The van der Waals surface area contributed by atoms with Crippen LogP contribution in [0.3, 0.4) is 0 Å². The first kappa shape index (κ1) is 16.6. The van der Waals surface area contributed by atoms with Crippen LogP contribution in [0, 0.1) is 5.92 Å². The molecule has 7 nitrogen and oxygen atoms in total. The van der Waals surface area contributed by atoms with Gasteiger partial charge in [-0.1, -0.05) is 5.16 Å². The minimum atomic E-state index is -0.161. The summed E-state index contributed by atoms with van der Waals surface area (Å²) in [5.74, 6) is 1.36. The maximum Gasteiger partial charge on any atom is 0.273 e. The largest absolute Gasteiger partial charge is 0.360 e. The van der Waals surface area contributed by atoms with Crippen LogP contribution in [-0.2, 0) is 4.79 Å². The summed E-state index contributed by atoms with van der Waals surface area (Å²) in [4.78, 5) is 24.4. The van der Waals surface area contributed by atoms with Crippen molar-refractivity contribution in [1.29, 1.82) is 0 Å². The van der Waals surface area contributed by atoms with Gasteiger partial charge in [-0.05, 0) is 51.4 Å². The highest BCUT2D eigenvalue weighted by atomic mass is 16.5. The number of aromatic nitrogens is 1. The summed E-state index contributed by atoms with van der Waals surface area (Å²) in [6.45, 7) is 0. The first-order chi connectivity index (χ1) is 12.1. The Hall–Kier alpha value is -1.89. The number of nitrogens with zero attached hydrogens (tertiary/aromatic N) is 1. The topological polar surface area (TPSA) is 110 Å². The van der Waals surface area contributed by atoms with Gasteiger partial charge in [0.1, 0.15) is 5.76 Å². The summed E-state index contributed by atoms with van der Waals surface area (Å²) in [6, 6.07) is 2.31. The van der Waals surface area contributed by atoms with Crippen LogP contribution in [0.2, 0.25) is 0 Å². The van der Waals surface area contributed by atoms with Crippen LogP contribution in [0.15, 0.2) is 10.6 Å². The van der Waals surface area contributed by atoms with Gasteiger partial charge in [-0.3, -0.25) is 9.59 Å². The SMILES string of the molecule is N[C@H]1C[C@@H](C(=O)N[C@H]2CC[C@H](NC(=O)c3cc(C4CC4)on3)CC2)C1. The maximum atomic E-state index is 12.3. The van der Waals surface area contributed by atoms with Crippen molar-refractivity contribution in [2.24, 2.45) is 11.7 Å². The van der Waals surface area contributed by atoms with Gasteiger partial charge in [-0.2, -0.15) is 0 Å². The first-order valence-electron chi connectivity index (χ1n) is 9.42. The van der Waals surface area contributed by atoms with E-state index in [0.717, 1.165) is 57.1 Å². The van der Waals surface area contributed by atoms with E-state index in [9.17, 15) is 9.59 Å². The van der Waals surface area contributed by atoms with Crippen LogP contribution >= 0.6 is 0 Å². The van der Waals surface area contributed by atoms with Crippen LogP contribution in [0.5, 0.6) is 0 Å². The van der Waals surface area contributed by atoms with Gasteiger partial charge >= 0.3 is 0 Å². The van der Waals surface area contributed by atoms with E-state index in [1.54, 1.807) is 6.07 Å². The third-order valence-electron chi connectivity index (χ3n) is 5.69. The fourth-order valence-corrected chi connectivity index (χ4v) is 3.79. The molecule has 1 aromatic rings. The van der Waals surface area contributed by atoms with Gasteiger partial charge in [0.15, 0.2) is 5.69 Å². The van der Waals surface area contributed by atoms with E-state index in [0.29, 0.717) is 11.6 Å². The van der Waals surface area contributed by atoms with Crippen molar-refractivity contribution in [3.05, 3.63) is 17.5 Å². The van der Waals surface area contributed by atoms with E-state index >= 15 is 0 Å². The number of hydrogen-bond acceptors (Lipinski definition) is 5. The zero-order valence-corrected chi connectivity index (χ0v) is 14.4. The average Bonchev–Trinajstić information content (AvgIpc) is 3.30. The quantitative estimate of drug-likeness (QED) is 0.747. The smallest absolute Gasteiger partial charge is 0.273 e. The Morgan fingerprint density at radius 1 is 1.04 bits per heavy atom. The number of nitrogens with two attached hydrogens (primary N) is 1. The van der Waals surface area contributed by atoms with Gasteiger partial charge in [-0.25, -0.2) is 0 Å². The summed E-state index contributed by atoms with van der Waals surface area (Å²) >= 11 is 0. The second-order valence-electron chi connectivity index (χ2n) is 7.85. The monoisotopic (exact) mass is 346 g/mol. The molecular formula is C18H26N4O3. The minimum Gasteiger partial charge on any atom is -0.360 e. The predicted octanol–water partition coefficient (Wildman–Crippen LogP) is 1.45. The summed E-state index contributed by atoms with van der Waals surface area (Å²) in [6.07, 6.45) is 7.37. The number of nitrogens with one attached hydrogen (secondary N) is 2. The number of rotatable bonds is 5. The fourth-order valence-electron chi connectivity index (χ4n) is 3.79. The average molecular weight is 346 g/mol. The van der Waals surface area contributed by atoms with Crippen molar-refractivity contribution < 1.29 is 14.1 Å². The molecule has 25 heavy (non-hydrogen) atoms. The van der Waals surface area contributed by atoms with Crippen molar-refractivity contribution in [2.75, 3.05) is 0 Å².